The largest absolute Gasteiger partial charge is 0.375 e. The Morgan fingerprint density at radius 2 is 1.84 bits per heavy atom. The van der Waals surface area contributed by atoms with E-state index in [-0.39, 0.29) is 5.91 Å². The maximum absolute atomic E-state index is 12.7. The zero-order chi connectivity index (χ0) is 17.6. The number of hydrogen-bond acceptors (Lipinski definition) is 3. The maximum Gasteiger partial charge on any atom is 0.253 e. The van der Waals surface area contributed by atoms with Crippen molar-refractivity contribution >= 4 is 11.6 Å². The summed E-state index contributed by atoms with van der Waals surface area (Å²) in [4.78, 5) is 17.0. The fraction of sp³-hybridized carbons (Fsp3) is 0.667. The monoisotopic (exact) mass is 343 g/mol. The molecule has 1 aliphatic heterocycles. The molecule has 1 aromatic rings. The first-order chi connectivity index (χ1) is 12.2. The quantitative estimate of drug-likeness (QED) is 0.784. The van der Waals surface area contributed by atoms with Gasteiger partial charge in [0.05, 0.1) is 0 Å². The summed E-state index contributed by atoms with van der Waals surface area (Å²) in [6, 6.07) is 8.72. The van der Waals surface area contributed by atoms with Gasteiger partial charge in [0.25, 0.3) is 5.91 Å². The van der Waals surface area contributed by atoms with E-state index in [1.165, 1.54) is 37.9 Å². The number of amides is 1. The van der Waals surface area contributed by atoms with Crippen molar-refractivity contribution in [1.82, 2.24) is 10.2 Å². The highest BCUT2D eigenvalue weighted by Gasteiger charge is 2.26. The molecular formula is C21H33N3O. The average molecular weight is 344 g/mol. The Morgan fingerprint density at radius 3 is 2.44 bits per heavy atom. The first kappa shape index (κ1) is 18.2. The van der Waals surface area contributed by atoms with Crippen LogP contribution in [0.15, 0.2) is 24.3 Å². The van der Waals surface area contributed by atoms with Crippen molar-refractivity contribution < 1.29 is 4.79 Å². The van der Waals surface area contributed by atoms with E-state index in [0.717, 1.165) is 44.0 Å². The molecule has 1 heterocycles. The Kier molecular flexibility index (Phi) is 6.35. The highest BCUT2D eigenvalue weighted by atomic mass is 16.2. The third-order valence-electron chi connectivity index (χ3n) is 5.58. The van der Waals surface area contributed by atoms with E-state index in [1.807, 2.05) is 17.0 Å². The van der Waals surface area contributed by atoms with Crippen LogP contribution in [0.4, 0.5) is 5.69 Å². The summed E-state index contributed by atoms with van der Waals surface area (Å²) >= 11 is 0. The van der Waals surface area contributed by atoms with Gasteiger partial charge < -0.3 is 15.1 Å². The molecule has 2 fully saturated rings. The van der Waals surface area contributed by atoms with E-state index in [1.54, 1.807) is 0 Å². The summed E-state index contributed by atoms with van der Waals surface area (Å²) in [6.45, 7) is 6.19. The molecule has 3 rings (SSSR count). The van der Waals surface area contributed by atoms with Crippen LogP contribution in [-0.4, -0.2) is 50.1 Å². The van der Waals surface area contributed by atoms with Crippen LogP contribution in [0.25, 0.3) is 0 Å². The summed E-state index contributed by atoms with van der Waals surface area (Å²) in [5.41, 5.74) is 2.00. The molecule has 138 valence electrons. The minimum atomic E-state index is 0.184. The molecule has 1 aliphatic carbocycles. The Labute approximate surface area is 152 Å². The van der Waals surface area contributed by atoms with Crippen molar-refractivity contribution in [2.75, 3.05) is 38.1 Å². The van der Waals surface area contributed by atoms with Gasteiger partial charge >= 0.3 is 0 Å². The molecule has 1 aromatic carbocycles. The standard InChI is InChI=1S/C21H33N3O/c1-3-4-13-23(2)20-9-7-18(8-10-20)21(25)24-14-11-19(12-15-24)22-16-17-5-6-17/h7-10,17,19,22H,3-6,11-16H2,1-2H3. The van der Waals surface area contributed by atoms with E-state index in [0.29, 0.717) is 6.04 Å². The molecule has 0 bridgehead atoms. The van der Waals surface area contributed by atoms with Gasteiger partial charge in [-0.1, -0.05) is 13.3 Å². The van der Waals surface area contributed by atoms with E-state index in [2.05, 4.69) is 36.3 Å². The molecule has 1 saturated heterocycles. The summed E-state index contributed by atoms with van der Waals surface area (Å²) in [6.07, 6.45) is 7.35. The lowest BCUT2D eigenvalue weighted by Gasteiger charge is -2.32. The zero-order valence-electron chi connectivity index (χ0n) is 15.8. The molecular weight excluding hydrogens is 310 g/mol. The Hall–Kier alpha value is -1.55. The van der Waals surface area contributed by atoms with E-state index in [4.69, 9.17) is 0 Å². The fourth-order valence-corrected chi connectivity index (χ4v) is 3.51. The van der Waals surface area contributed by atoms with Gasteiger partial charge in [0.15, 0.2) is 0 Å². The molecule has 25 heavy (non-hydrogen) atoms. The van der Waals surface area contributed by atoms with Gasteiger partial charge in [0.2, 0.25) is 0 Å². The number of likely N-dealkylation sites (tertiary alicyclic amines) is 1. The van der Waals surface area contributed by atoms with Crippen LogP contribution in [0.1, 0.15) is 55.8 Å². The summed E-state index contributed by atoms with van der Waals surface area (Å²) < 4.78 is 0. The predicted molar refractivity (Wildman–Crippen MR) is 104 cm³/mol. The molecule has 1 saturated carbocycles. The molecule has 0 atom stereocenters. The van der Waals surface area contributed by atoms with Gasteiger partial charge in [-0.05, 0) is 68.8 Å². The zero-order valence-corrected chi connectivity index (χ0v) is 15.8. The SMILES string of the molecule is CCCCN(C)c1ccc(C(=O)N2CCC(NCC3CC3)CC2)cc1. The fourth-order valence-electron chi connectivity index (χ4n) is 3.51. The lowest BCUT2D eigenvalue weighted by molar-refractivity contribution is 0.0705. The Bertz CT molecular complexity index is 545. The lowest BCUT2D eigenvalue weighted by Crippen LogP contribution is -2.45. The number of unbranched alkanes of at least 4 members (excludes halogenated alkanes) is 1. The second kappa shape index (κ2) is 8.70. The van der Waals surface area contributed by atoms with Crippen LogP contribution >= 0.6 is 0 Å². The van der Waals surface area contributed by atoms with E-state index in [9.17, 15) is 4.79 Å². The van der Waals surface area contributed by atoms with Gasteiger partial charge in [0, 0.05) is 44.0 Å². The Morgan fingerprint density at radius 1 is 1.16 bits per heavy atom. The number of anilines is 1. The molecule has 0 aromatic heterocycles. The van der Waals surface area contributed by atoms with Crippen molar-refractivity contribution in [3.63, 3.8) is 0 Å². The van der Waals surface area contributed by atoms with Crippen LogP contribution in [-0.2, 0) is 0 Å². The van der Waals surface area contributed by atoms with Gasteiger partial charge in [-0.15, -0.1) is 0 Å². The van der Waals surface area contributed by atoms with Crippen molar-refractivity contribution in [3.8, 4) is 0 Å². The predicted octanol–water partition coefficient (Wildman–Crippen LogP) is 3.53. The second-order valence-electron chi connectivity index (χ2n) is 7.74. The van der Waals surface area contributed by atoms with Crippen LogP contribution in [0.2, 0.25) is 0 Å². The number of nitrogens with one attached hydrogen (secondary N) is 1. The number of benzene rings is 1. The van der Waals surface area contributed by atoms with Crippen LogP contribution < -0.4 is 10.2 Å². The van der Waals surface area contributed by atoms with E-state index >= 15 is 0 Å². The smallest absolute Gasteiger partial charge is 0.253 e. The third-order valence-corrected chi connectivity index (χ3v) is 5.58. The van der Waals surface area contributed by atoms with Crippen molar-refractivity contribution in [1.29, 1.82) is 0 Å². The van der Waals surface area contributed by atoms with Crippen molar-refractivity contribution in [3.05, 3.63) is 29.8 Å². The first-order valence-corrected chi connectivity index (χ1v) is 10.0. The number of carbonyl (C=O) groups is 1. The van der Waals surface area contributed by atoms with Crippen molar-refractivity contribution in [2.45, 2.75) is 51.5 Å². The minimum Gasteiger partial charge on any atom is -0.375 e. The van der Waals surface area contributed by atoms with Crippen molar-refractivity contribution in [2.24, 2.45) is 5.92 Å². The second-order valence-corrected chi connectivity index (χ2v) is 7.74. The number of rotatable bonds is 8. The lowest BCUT2D eigenvalue weighted by atomic mass is 10.0. The van der Waals surface area contributed by atoms with Crippen LogP contribution in [0, 0.1) is 5.92 Å². The summed E-state index contributed by atoms with van der Waals surface area (Å²) in [5.74, 6) is 1.11. The van der Waals surface area contributed by atoms with E-state index < -0.39 is 0 Å². The number of hydrogen-bond donors (Lipinski definition) is 1. The molecule has 0 radical (unpaired) electrons. The van der Waals surface area contributed by atoms with Crippen LogP contribution in [0.3, 0.4) is 0 Å². The van der Waals surface area contributed by atoms with Gasteiger partial charge in [-0.25, -0.2) is 0 Å². The van der Waals surface area contributed by atoms with Gasteiger partial charge in [-0.2, -0.15) is 0 Å². The average Bonchev–Trinajstić information content (AvgIpc) is 3.49. The molecule has 4 nitrogen and oxygen atoms in total. The normalized spacial score (nSPS) is 18.4. The topological polar surface area (TPSA) is 35.6 Å². The summed E-state index contributed by atoms with van der Waals surface area (Å²) in [5, 5.41) is 3.68. The molecule has 2 aliphatic rings. The maximum atomic E-state index is 12.7. The molecule has 0 spiro atoms. The Balaban J connectivity index is 1.47. The molecule has 4 heteroatoms. The molecule has 0 unspecified atom stereocenters. The minimum absolute atomic E-state index is 0.184. The summed E-state index contributed by atoms with van der Waals surface area (Å²) in [7, 11) is 2.12. The number of piperidine rings is 1. The van der Waals surface area contributed by atoms with Crippen LogP contribution in [0.5, 0.6) is 0 Å². The molecule has 1 amide bonds. The molecule has 1 N–H and O–H groups in total. The van der Waals surface area contributed by atoms with Gasteiger partial charge in [-0.3, -0.25) is 4.79 Å². The third kappa shape index (κ3) is 5.21. The first-order valence-electron chi connectivity index (χ1n) is 10.0. The highest BCUT2D eigenvalue weighted by molar-refractivity contribution is 5.94. The highest BCUT2D eigenvalue weighted by Crippen LogP contribution is 2.28. The van der Waals surface area contributed by atoms with Gasteiger partial charge in [0.1, 0.15) is 0 Å². The number of carbonyl (C=O) groups excluding carboxylic acids is 1. The number of nitrogens with zero attached hydrogens (tertiary/aromatic N) is 2.